The quantitative estimate of drug-likeness (QED) is 0.338. The van der Waals surface area contributed by atoms with Crippen LogP contribution in [0.1, 0.15) is 24.5 Å². The van der Waals surface area contributed by atoms with Crippen LogP contribution in [-0.2, 0) is 17.9 Å². The van der Waals surface area contributed by atoms with Gasteiger partial charge in [0.2, 0.25) is 6.79 Å². The molecule has 1 unspecified atom stereocenters. The minimum atomic E-state index is 0. The van der Waals surface area contributed by atoms with Gasteiger partial charge in [-0.3, -0.25) is 0 Å². The van der Waals surface area contributed by atoms with Gasteiger partial charge < -0.3 is 24.4 Å². The third kappa shape index (κ3) is 6.01. The summed E-state index contributed by atoms with van der Waals surface area (Å²) in [6, 6.07) is 16.4. The Kier molecular flexibility index (Phi) is 8.62. The first-order valence-electron chi connectivity index (χ1n) is 10.4. The number of fused-ring (bicyclic) bond motifs is 1. The topological polar surface area (TPSA) is 55.3 Å². The average molecular weight is 523 g/mol. The molecule has 1 saturated heterocycles. The van der Waals surface area contributed by atoms with Crippen LogP contribution < -0.4 is 14.8 Å². The van der Waals surface area contributed by atoms with Gasteiger partial charge in [0.15, 0.2) is 17.5 Å². The number of halogens is 1. The Morgan fingerprint density at radius 2 is 1.97 bits per heavy atom. The molecule has 1 fully saturated rings. The van der Waals surface area contributed by atoms with E-state index in [0.29, 0.717) is 25.9 Å². The molecule has 2 aromatic carbocycles. The molecule has 0 saturated carbocycles. The maximum absolute atomic E-state index is 5.95. The van der Waals surface area contributed by atoms with Gasteiger partial charge in [-0.25, -0.2) is 4.99 Å². The summed E-state index contributed by atoms with van der Waals surface area (Å²) < 4.78 is 16.8. The maximum Gasteiger partial charge on any atom is 0.231 e. The number of benzene rings is 2. The number of nitrogens with one attached hydrogen (secondary N) is 1. The monoisotopic (exact) mass is 523 g/mol. The number of ether oxygens (including phenoxy) is 3. The van der Waals surface area contributed by atoms with Gasteiger partial charge in [0.1, 0.15) is 0 Å². The van der Waals surface area contributed by atoms with Crippen molar-refractivity contribution in [2.75, 3.05) is 33.0 Å². The number of rotatable bonds is 7. The summed E-state index contributed by atoms with van der Waals surface area (Å²) >= 11 is 0. The molecular weight excluding hydrogens is 493 g/mol. The number of hydrogen-bond acceptors (Lipinski definition) is 4. The van der Waals surface area contributed by atoms with Crippen molar-refractivity contribution in [3.63, 3.8) is 0 Å². The average Bonchev–Trinajstić information content (AvgIpc) is 3.41. The maximum atomic E-state index is 5.95. The van der Waals surface area contributed by atoms with Gasteiger partial charge in [-0.05, 0) is 36.6 Å². The summed E-state index contributed by atoms with van der Waals surface area (Å²) in [4.78, 5) is 7.19. The molecule has 2 aliphatic rings. The molecular formula is C23H30IN3O3. The number of guanidine groups is 1. The highest BCUT2D eigenvalue weighted by molar-refractivity contribution is 14.0. The van der Waals surface area contributed by atoms with E-state index in [2.05, 4.69) is 41.4 Å². The van der Waals surface area contributed by atoms with Gasteiger partial charge >= 0.3 is 0 Å². The zero-order valence-electron chi connectivity index (χ0n) is 17.4. The summed E-state index contributed by atoms with van der Waals surface area (Å²) in [5.41, 5.74) is 2.34. The van der Waals surface area contributed by atoms with Crippen LogP contribution in [0.2, 0.25) is 0 Å². The standard InChI is InChI=1S/C23H29N3O3.HI/c1-2-24-23(25-13-19-8-9-21-22(12-19)29-17-28-21)26-11-10-20(14-26)16-27-15-18-6-4-3-5-7-18;/h3-9,12,20H,2,10-11,13-17H2,1H3,(H,24,25);1H. The largest absolute Gasteiger partial charge is 0.454 e. The summed E-state index contributed by atoms with van der Waals surface area (Å²) in [6.07, 6.45) is 1.13. The molecule has 0 spiro atoms. The molecule has 162 valence electrons. The van der Waals surface area contributed by atoms with Crippen LogP contribution in [0.15, 0.2) is 53.5 Å². The van der Waals surface area contributed by atoms with Crippen LogP contribution in [0.4, 0.5) is 0 Å². The second-order valence-electron chi connectivity index (χ2n) is 7.46. The highest BCUT2D eigenvalue weighted by Crippen LogP contribution is 2.32. The molecule has 6 nitrogen and oxygen atoms in total. The first kappa shape index (κ1) is 22.7. The lowest BCUT2D eigenvalue weighted by molar-refractivity contribution is 0.0906. The highest BCUT2D eigenvalue weighted by Gasteiger charge is 2.25. The molecule has 0 aromatic heterocycles. The van der Waals surface area contributed by atoms with E-state index in [1.54, 1.807) is 0 Å². The van der Waals surface area contributed by atoms with E-state index < -0.39 is 0 Å². The van der Waals surface area contributed by atoms with Gasteiger partial charge in [0.05, 0.1) is 19.8 Å². The Morgan fingerprint density at radius 1 is 1.13 bits per heavy atom. The molecule has 4 rings (SSSR count). The third-order valence-electron chi connectivity index (χ3n) is 5.23. The highest BCUT2D eigenvalue weighted by atomic mass is 127. The molecule has 1 N–H and O–H groups in total. The van der Waals surface area contributed by atoms with Gasteiger partial charge in [-0.15, -0.1) is 24.0 Å². The lowest BCUT2D eigenvalue weighted by Gasteiger charge is -2.21. The van der Waals surface area contributed by atoms with Crippen molar-refractivity contribution in [2.24, 2.45) is 10.9 Å². The molecule has 30 heavy (non-hydrogen) atoms. The van der Waals surface area contributed by atoms with E-state index in [4.69, 9.17) is 19.2 Å². The lowest BCUT2D eigenvalue weighted by Crippen LogP contribution is -2.40. The Morgan fingerprint density at radius 3 is 2.80 bits per heavy atom. The number of aliphatic imine (C=N–C) groups is 1. The van der Waals surface area contributed by atoms with Crippen LogP contribution in [0, 0.1) is 5.92 Å². The molecule has 0 amide bonds. The van der Waals surface area contributed by atoms with Crippen molar-refractivity contribution >= 4 is 29.9 Å². The summed E-state index contributed by atoms with van der Waals surface area (Å²) in [5, 5.41) is 3.43. The van der Waals surface area contributed by atoms with Gasteiger partial charge in [-0.1, -0.05) is 36.4 Å². The van der Waals surface area contributed by atoms with Crippen molar-refractivity contribution in [3.8, 4) is 11.5 Å². The van der Waals surface area contributed by atoms with Crippen molar-refractivity contribution in [1.82, 2.24) is 10.2 Å². The Hall–Kier alpha value is -2.00. The molecule has 1 atom stereocenters. The van der Waals surface area contributed by atoms with Crippen molar-refractivity contribution in [3.05, 3.63) is 59.7 Å². The van der Waals surface area contributed by atoms with Crippen LogP contribution in [0.5, 0.6) is 11.5 Å². The van der Waals surface area contributed by atoms with E-state index in [-0.39, 0.29) is 24.0 Å². The molecule has 2 aliphatic heterocycles. The number of likely N-dealkylation sites (tertiary alicyclic amines) is 1. The molecule has 0 radical (unpaired) electrons. The van der Waals surface area contributed by atoms with E-state index in [1.807, 2.05) is 24.3 Å². The predicted molar refractivity (Wildman–Crippen MR) is 129 cm³/mol. The van der Waals surface area contributed by atoms with Crippen LogP contribution in [-0.4, -0.2) is 43.9 Å². The van der Waals surface area contributed by atoms with E-state index in [0.717, 1.165) is 55.7 Å². The van der Waals surface area contributed by atoms with Gasteiger partial charge in [-0.2, -0.15) is 0 Å². The van der Waals surface area contributed by atoms with Gasteiger partial charge in [0, 0.05) is 25.6 Å². The first-order chi connectivity index (χ1) is 14.3. The van der Waals surface area contributed by atoms with Crippen LogP contribution in [0.25, 0.3) is 0 Å². The molecule has 7 heteroatoms. The van der Waals surface area contributed by atoms with Gasteiger partial charge in [0.25, 0.3) is 0 Å². The van der Waals surface area contributed by atoms with Crippen molar-refractivity contribution in [1.29, 1.82) is 0 Å². The fourth-order valence-electron chi connectivity index (χ4n) is 3.71. The fraction of sp³-hybridized carbons (Fsp3) is 0.435. The molecule has 0 bridgehead atoms. The van der Waals surface area contributed by atoms with E-state index in [9.17, 15) is 0 Å². The Labute approximate surface area is 195 Å². The Bertz CT molecular complexity index is 832. The molecule has 2 heterocycles. The van der Waals surface area contributed by atoms with Crippen LogP contribution >= 0.6 is 24.0 Å². The number of hydrogen-bond donors (Lipinski definition) is 1. The minimum Gasteiger partial charge on any atom is -0.454 e. The fourth-order valence-corrected chi connectivity index (χ4v) is 3.71. The zero-order valence-corrected chi connectivity index (χ0v) is 19.7. The third-order valence-corrected chi connectivity index (χ3v) is 5.23. The smallest absolute Gasteiger partial charge is 0.231 e. The van der Waals surface area contributed by atoms with Crippen molar-refractivity contribution in [2.45, 2.75) is 26.5 Å². The van der Waals surface area contributed by atoms with Crippen LogP contribution in [0.3, 0.4) is 0 Å². The predicted octanol–water partition coefficient (Wildman–Crippen LogP) is 4.04. The molecule has 2 aromatic rings. The SMILES string of the molecule is CCNC(=NCc1ccc2c(c1)OCO2)N1CCC(COCc2ccccc2)C1.I. The second-order valence-corrected chi connectivity index (χ2v) is 7.46. The normalized spacial score (nSPS) is 17.7. The lowest BCUT2D eigenvalue weighted by atomic mass is 10.1. The van der Waals surface area contributed by atoms with Crippen molar-refractivity contribution < 1.29 is 14.2 Å². The molecule has 0 aliphatic carbocycles. The summed E-state index contributed by atoms with van der Waals surface area (Å²) in [5.74, 6) is 3.12. The summed E-state index contributed by atoms with van der Waals surface area (Å²) in [6.45, 7) is 7.31. The summed E-state index contributed by atoms with van der Waals surface area (Å²) in [7, 11) is 0. The van der Waals surface area contributed by atoms with E-state index >= 15 is 0 Å². The first-order valence-corrected chi connectivity index (χ1v) is 10.4. The number of nitrogens with zero attached hydrogens (tertiary/aromatic N) is 2. The Balaban J connectivity index is 0.00000256. The van der Waals surface area contributed by atoms with E-state index in [1.165, 1.54) is 5.56 Å². The minimum absolute atomic E-state index is 0. The zero-order chi connectivity index (χ0) is 19.9. The second kappa shape index (κ2) is 11.4.